The zero-order valence-electron chi connectivity index (χ0n) is 10.0. The van der Waals surface area contributed by atoms with E-state index < -0.39 is 0 Å². The van der Waals surface area contributed by atoms with E-state index in [1.165, 1.54) is 6.42 Å². The van der Waals surface area contributed by atoms with Crippen molar-refractivity contribution in [3.05, 3.63) is 17.8 Å². The number of piperidine rings is 1. The molecule has 2 atom stereocenters. The molecule has 0 aromatic carbocycles. The summed E-state index contributed by atoms with van der Waals surface area (Å²) in [7, 11) is 0. The monoisotopic (exact) mass is 231 g/mol. The molecule has 0 radical (unpaired) electrons. The lowest BCUT2D eigenvalue weighted by atomic mass is 9.96. The van der Waals surface area contributed by atoms with Gasteiger partial charge in [-0.2, -0.15) is 10.4 Å². The van der Waals surface area contributed by atoms with Crippen LogP contribution >= 0.6 is 0 Å². The van der Waals surface area contributed by atoms with Crippen LogP contribution in [0.2, 0.25) is 0 Å². The maximum Gasteiger partial charge on any atom is 0.169 e. The molecule has 2 unspecified atom stereocenters. The summed E-state index contributed by atoms with van der Waals surface area (Å²) in [6, 6.07) is 4.51. The Bertz CT molecular complexity index is 425. The van der Waals surface area contributed by atoms with Crippen molar-refractivity contribution in [1.82, 2.24) is 10.2 Å². The van der Waals surface area contributed by atoms with Crippen LogP contribution in [0.5, 0.6) is 0 Å². The Balaban J connectivity index is 2.38. The lowest BCUT2D eigenvalue weighted by Gasteiger charge is -2.41. The lowest BCUT2D eigenvalue weighted by molar-refractivity contribution is 0.396. The van der Waals surface area contributed by atoms with Gasteiger partial charge in [0, 0.05) is 18.6 Å². The second kappa shape index (κ2) is 5.11. The van der Waals surface area contributed by atoms with Crippen LogP contribution in [-0.4, -0.2) is 28.8 Å². The third-order valence-electron chi connectivity index (χ3n) is 3.37. The van der Waals surface area contributed by atoms with Crippen molar-refractivity contribution >= 4 is 5.82 Å². The number of anilines is 1. The molecule has 1 aromatic heterocycles. The lowest BCUT2D eigenvalue weighted by Crippen LogP contribution is -2.49. The molecule has 0 saturated carbocycles. The second-order valence-electron chi connectivity index (χ2n) is 4.46. The first-order valence-electron chi connectivity index (χ1n) is 5.98. The first kappa shape index (κ1) is 11.8. The van der Waals surface area contributed by atoms with Crippen molar-refractivity contribution in [3.63, 3.8) is 0 Å². The van der Waals surface area contributed by atoms with Crippen molar-refractivity contribution in [2.24, 2.45) is 5.73 Å². The van der Waals surface area contributed by atoms with E-state index in [9.17, 15) is 0 Å². The van der Waals surface area contributed by atoms with E-state index in [1.807, 2.05) is 0 Å². The van der Waals surface area contributed by atoms with Gasteiger partial charge in [-0.25, -0.2) is 0 Å². The van der Waals surface area contributed by atoms with Gasteiger partial charge in [0.25, 0.3) is 0 Å². The summed E-state index contributed by atoms with van der Waals surface area (Å²) in [5, 5.41) is 17.1. The van der Waals surface area contributed by atoms with Crippen LogP contribution in [0.1, 0.15) is 31.7 Å². The topological polar surface area (TPSA) is 78.8 Å². The average Bonchev–Trinajstić information content (AvgIpc) is 2.38. The van der Waals surface area contributed by atoms with Crippen molar-refractivity contribution in [2.75, 3.05) is 11.4 Å². The number of aromatic nitrogens is 2. The first-order valence-corrected chi connectivity index (χ1v) is 5.98. The predicted octanol–water partition coefficient (Wildman–Crippen LogP) is 1.05. The van der Waals surface area contributed by atoms with Crippen LogP contribution in [0.15, 0.2) is 12.3 Å². The highest BCUT2D eigenvalue weighted by Crippen LogP contribution is 2.28. The number of hydrogen-bond acceptors (Lipinski definition) is 5. The van der Waals surface area contributed by atoms with Crippen LogP contribution in [-0.2, 0) is 0 Å². The number of nitrogens with zero attached hydrogens (tertiary/aromatic N) is 4. The van der Waals surface area contributed by atoms with Crippen LogP contribution in [0.3, 0.4) is 0 Å². The fraction of sp³-hybridized carbons (Fsp3) is 0.583. The highest BCUT2D eigenvalue weighted by atomic mass is 15.3. The molecule has 0 amide bonds. The molecule has 1 fully saturated rings. The maximum absolute atomic E-state index is 9.12. The number of rotatable bonds is 2. The molecule has 2 rings (SSSR count). The van der Waals surface area contributed by atoms with Crippen LogP contribution in [0.4, 0.5) is 5.82 Å². The van der Waals surface area contributed by atoms with E-state index in [0.29, 0.717) is 24.0 Å². The third-order valence-corrected chi connectivity index (χ3v) is 3.37. The molecule has 17 heavy (non-hydrogen) atoms. The van der Waals surface area contributed by atoms with Gasteiger partial charge < -0.3 is 10.6 Å². The molecule has 2 N–H and O–H groups in total. The Morgan fingerprint density at radius 2 is 2.41 bits per heavy atom. The van der Waals surface area contributed by atoms with Crippen LogP contribution in [0, 0.1) is 11.3 Å². The van der Waals surface area contributed by atoms with Crippen LogP contribution in [0.25, 0.3) is 0 Å². The molecular weight excluding hydrogens is 214 g/mol. The minimum Gasteiger partial charge on any atom is -0.347 e. The number of hydrogen-bond donors (Lipinski definition) is 1. The molecule has 1 aromatic rings. The zero-order valence-corrected chi connectivity index (χ0v) is 10.0. The van der Waals surface area contributed by atoms with E-state index in [-0.39, 0.29) is 6.04 Å². The van der Waals surface area contributed by atoms with Gasteiger partial charge in [-0.1, -0.05) is 0 Å². The van der Waals surface area contributed by atoms with Crippen molar-refractivity contribution in [1.29, 1.82) is 5.26 Å². The Morgan fingerprint density at radius 3 is 3.12 bits per heavy atom. The van der Waals surface area contributed by atoms with E-state index in [2.05, 4.69) is 28.1 Å². The molecule has 5 nitrogen and oxygen atoms in total. The Hall–Kier alpha value is -1.67. The molecule has 5 heteroatoms. The minimum absolute atomic E-state index is 0.266. The van der Waals surface area contributed by atoms with E-state index in [0.717, 1.165) is 12.8 Å². The molecule has 90 valence electrons. The van der Waals surface area contributed by atoms with Gasteiger partial charge in [0.1, 0.15) is 6.07 Å². The summed E-state index contributed by atoms with van der Waals surface area (Å²) >= 11 is 0. The molecule has 0 bridgehead atoms. The fourth-order valence-corrected chi connectivity index (χ4v) is 2.50. The second-order valence-corrected chi connectivity index (χ2v) is 4.46. The SMILES string of the molecule is CC1CCCC(CN)N1c1nnccc1C#N. The van der Waals surface area contributed by atoms with Gasteiger partial charge in [-0.15, -0.1) is 5.10 Å². The molecule has 2 heterocycles. The van der Waals surface area contributed by atoms with Gasteiger partial charge >= 0.3 is 0 Å². The van der Waals surface area contributed by atoms with Gasteiger partial charge in [0.05, 0.1) is 11.8 Å². The zero-order chi connectivity index (χ0) is 12.3. The molecule has 1 saturated heterocycles. The van der Waals surface area contributed by atoms with Gasteiger partial charge in [0.2, 0.25) is 0 Å². The fourth-order valence-electron chi connectivity index (χ4n) is 2.50. The summed E-state index contributed by atoms with van der Waals surface area (Å²) in [4.78, 5) is 2.16. The smallest absolute Gasteiger partial charge is 0.169 e. The summed E-state index contributed by atoms with van der Waals surface area (Å²) in [5.41, 5.74) is 6.39. The standard InChI is InChI=1S/C12H17N5/c1-9-3-2-4-11(8-14)17(9)12-10(7-13)5-6-15-16-12/h5-6,9,11H,2-4,8,14H2,1H3. The maximum atomic E-state index is 9.12. The van der Waals surface area contributed by atoms with Crippen molar-refractivity contribution in [2.45, 2.75) is 38.3 Å². The Labute approximate surface area is 101 Å². The first-order chi connectivity index (χ1) is 8.27. The Morgan fingerprint density at radius 1 is 1.59 bits per heavy atom. The van der Waals surface area contributed by atoms with Crippen molar-refractivity contribution in [3.8, 4) is 6.07 Å². The normalized spacial score (nSPS) is 24.4. The summed E-state index contributed by atoms with van der Waals surface area (Å²) < 4.78 is 0. The summed E-state index contributed by atoms with van der Waals surface area (Å²) in [6.07, 6.45) is 4.90. The van der Waals surface area contributed by atoms with E-state index in [1.54, 1.807) is 12.3 Å². The quantitative estimate of drug-likeness (QED) is 0.823. The summed E-state index contributed by atoms with van der Waals surface area (Å²) in [6.45, 7) is 2.74. The van der Waals surface area contributed by atoms with Gasteiger partial charge in [-0.3, -0.25) is 0 Å². The third kappa shape index (κ3) is 2.22. The molecule has 0 aliphatic carbocycles. The molecule has 0 spiro atoms. The van der Waals surface area contributed by atoms with Gasteiger partial charge in [0.15, 0.2) is 5.82 Å². The van der Waals surface area contributed by atoms with Crippen molar-refractivity contribution < 1.29 is 0 Å². The predicted molar refractivity (Wildman–Crippen MR) is 65.4 cm³/mol. The summed E-state index contributed by atoms with van der Waals surface area (Å²) in [5.74, 6) is 0.678. The molecular formula is C12H17N5. The van der Waals surface area contributed by atoms with E-state index >= 15 is 0 Å². The van der Waals surface area contributed by atoms with Crippen LogP contribution < -0.4 is 10.6 Å². The highest BCUT2D eigenvalue weighted by Gasteiger charge is 2.29. The highest BCUT2D eigenvalue weighted by molar-refractivity contribution is 5.54. The van der Waals surface area contributed by atoms with E-state index in [4.69, 9.17) is 11.0 Å². The Kier molecular flexibility index (Phi) is 3.55. The minimum atomic E-state index is 0.266. The van der Waals surface area contributed by atoms with Gasteiger partial charge in [-0.05, 0) is 32.3 Å². The molecule has 1 aliphatic heterocycles. The average molecular weight is 231 g/mol. The number of nitriles is 1. The largest absolute Gasteiger partial charge is 0.347 e. The number of nitrogens with two attached hydrogens (primary N) is 1. The molecule has 1 aliphatic rings.